The lowest BCUT2D eigenvalue weighted by Gasteiger charge is -2.09. The average Bonchev–Trinajstić information content (AvgIpc) is 3.30. The number of anilines is 1. The van der Waals surface area contributed by atoms with E-state index in [0.717, 1.165) is 16.6 Å². The second kappa shape index (κ2) is 9.18. The number of nitrogens with two attached hydrogens (primary N) is 1. The summed E-state index contributed by atoms with van der Waals surface area (Å²) in [5.41, 5.74) is 5.26. The Kier molecular flexibility index (Phi) is 6.65. The number of carbonyl (C=O) groups is 2. The van der Waals surface area contributed by atoms with Crippen molar-refractivity contribution in [2.75, 3.05) is 11.1 Å². The molecule has 0 aliphatic carbocycles. The number of halogens is 2. The van der Waals surface area contributed by atoms with Gasteiger partial charge >= 0.3 is 0 Å². The van der Waals surface area contributed by atoms with Gasteiger partial charge in [-0.15, -0.1) is 21.5 Å². The van der Waals surface area contributed by atoms with Crippen molar-refractivity contribution < 1.29 is 14.0 Å². The monoisotopic (exact) mass is 439 g/mol. The van der Waals surface area contributed by atoms with E-state index < -0.39 is 17.6 Å². The van der Waals surface area contributed by atoms with Gasteiger partial charge in [0, 0.05) is 18.0 Å². The number of primary amides is 1. The molecular weight excluding hydrogens is 425 g/mol. The Morgan fingerprint density at radius 1 is 1.32 bits per heavy atom. The van der Waals surface area contributed by atoms with E-state index in [2.05, 4.69) is 15.5 Å². The van der Waals surface area contributed by atoms with Crippen LogP contribution in [0.2, 0.25) is 5.02 Å². The highest BCUT2D eigenvalue weighted by molar-refractivity contribution is 7.99. The topological polar surface area (TPSA) is 103 Å². The fourth-order valence-corrected chi connectivity index (χ4v) is 3.97. The maximum absolute atomic E-state index is 13.7. The SMILES string of the molecule is NC(=O)CCn1c(SCC(=O)Nc2cc(Cl)ccc2F)nnc1-c1cccs1. The predicted octanol–water partition coefficient (Wildman–Crippen LogP) is 3.41. The lowest BCUT2D eigenvalue weighted by atomic mass is 10.3. The van der Waals surface area contributed by atoms with E-state index in [1.807, 2.05) is 17.5 Å². The summed E-state index contributed by atoms with van der Waals surface area (Å²) in [7, 11) is 0. The van der Waals surface area contributed by atoms with Crippen molar-refractivity contribution in [1.82, 2.24) is 14.8 Å². The number of aromatic nitrogens is 3. The van der Waals surface area contributed by atoms with Crippen LogP contribution in [0.1, 0.15) is 6.42 Å². The van der Waals surface area contributed by atoms with Crippen LogP contribution < -0.4 is 11.1 Å². The number of hydrogen-bond acceptors (Lipinski definition) is 6. The molecule has 0 unspecified atom stereocenters. The summed E-state index contributed by atoms with van der Waals surface area (Å²) >= 11 is 8.44. The van der Waals surface area contributed by atoms with E-state index in [1.54, 1.807) is 4.57 Å². The van der Waals surface area contributed by atoms with E-state index in [-0.39, 0.29) is 17.9 Å². The Balaban J connectivity index is 1.71. The first-order valence-corrected chi connectivity index (χ1v) is 10.3. The van der Waals surface area contributed by atoms with Crippen LogP contribution in [0, 0.1) is 5.82 Å². The fraction of sp³-hybridized carbons (Fsp3) is 0.176. The van der Waals surface area contributed by atoms with Crippen molar-refractivity contribution in [3.05, 3.63) is 46.6 Å². The molecule has 0 fully saturated rings. The Bertz CT molecular complexity index is 994. The van der Waals surface area contributed by atoms with Crippen molar-refractivity contribution in [2.45, 2.75) is 18.1 Å². The van der Waals surface area contributed by atoms with Crippen molar-refractivity contribution in [2.24, 2.45) is 5.73 Å². The minimum atomic E-state index is -0.577. The number of hydrogen-bond donors (Lipinski definition) is 2. The third-order valence-corrected chi connectivity index (χ3v) is 5.64. The summed E-state index contributed by atoms with van der Waals surface area (Å²) < 4.78 is 15.5. The molecule has 0 atom stereocenters. The molecule has 0 aliphatic rings. The van der Waals surface area contributed by atoms with Crippen LogP contribution in [0.4, 0.5) is 10.1 Å². The molecule has 3 N–H and O–H groups in total. The molecule has 0 aliphatic heterocycles. The number of nitrogens with zero attached hydrogens (tertiary/aromatic N) is 3. The fourth-order valence-electron chi connectivity index (χ4n) is 2.32. The molecule has 2 aromatic heterocycles. The smallest absolute Gasteiger partial charge is 0.234 e. The molecule has 28 heavy (non-hydrogen) atoms. The second-order valence-electron chi connectivity index (χ2n) is 5.61. The number of benzene rings is 1. The molecule has 11 heteroatoms. The highest BCUT2D eigenvalue weighted by atomic mass is 35.5. The number of amides is 2. The number of rotatable bonds is 8. The minimum absolute atomic E-state index is 0.00701. The first kappa shape index (κ1) is 20.3. The summed E-state index contributed by atoms with van der Waals surface area (Å²) in [6, 6.07) is 7.68. The summed E-state index contributed by atoms with van der Waals surface area (Å²) in [6.07, 6.45) is 0.115. The lowest BCUT2D eigenvalue weighted by molar-refractivity contribution is -0.118. The molecule has 1 aromatic carbocycles. The van der Waals surface area contributed by atoms with Crippen LogP contribution in [0.15, 0.2) is 40.9 Å². The molecule has 146 valence electrons. The van der Waals surface area contributed by atoms with Crippen molar-refractivity contribution in [1.29, 1.82) is 0 Å². The molecule has 0 bridgehead atoms. The third kappa shape index (κ3) is 5.09. The molecule has 3 aromatic rings. The molecule has 0 spiro atoms. The summed E-state index contributed by atoms with van der Waals surface area (Å²) in [4.78, 5) is 24.3. The van der Waals surface area contributed by atoms with E-state index in [4.69, 9.17) is 17.3 Å². The van der Waals surface area contributed by atoms with E-state index in [1.165, 1.54) is 29.5 Å². The summed E-state index contributed by atoms with van der Waals surface area (Å²) in [5.74, 6) is -0.873. The Hall–Kier alpha value is -2.43. The highest BCUT2D eigenvalue weighted by Crippen LogP contribution is 2.28. The van der Waals surface area contributed by atoms with Gasteiger partial charge in [0.1, 0.15) is 5.82 Å². The highest BCUT2D eigenvalue weighted by Gasteiger charge is 2.17. The van der Waals surface area contributed by atoms with Gasteiger partial charge < -0.3 is 15.6 Å². The average molecular weight is 440 g/mol. The third-order valence-electron chi connectivity index (χ3n) is 3.58. The Morgan fingerprint density at radius 3 is 2.86 bits per heavy atom. The van der Waals surface area contributed by atoms with Crippen LogP contribution in [0.3, 0.4) is 0 Å². The molecule has 2 heterocycles. The Morgan fingerprint density at radius 2 is 2.14 bits per heavy atom. The zero-order valence-corrected chi connectivity index (χ0v) is 16.8. The maximum Gasteiger partial charge on any atom is 0.234 e. The summed E-state index contributed by atoms with van der Waals surface area (Å²) in [6.45, 7) is 0.294. The minimum Gasteiger partial charge on any atom is -0.370 e. The number of nitrogens with one attached hydrogen (secondary N) is 1. The largest absolute Gasteiger partial charge is 0.370 e. The van der Waals surface area contributed by atoms with Crippen molar-refractivity contribution in [3.8, 4) is 10.7 Å². The standard InChI is InChI=1S/C17H15ClFN5O2S2/c18-10-3-4-11(19)12(8-10)21-15(26)9-28-17-23-22-16(13-2-1-7-27-13)24(17)6-5-14(20)25/h1-4,7-8H,5-6,9H2,(H2,20,25)(H,21,26). The molecule has 3 rings (SSSR count). The van der Waals surface area contributed by atoms with Crippen LogP contribution in [0.25, 0.3) is 10.7 Å². The molecule has 2 amide bonds. The number of thiophene rings is 1. The van der Waals surface area contributed by atoms with Crippen LogP contribution in [-0.2, 0) is 16.1 Å². The van der Waals surface area contributed by atoms with Crippen LogP contribution in [-0.4, -0.2) is 32.3 Å². The van der Waals surface area contributed by atoms with E-state index in [0.29, 0.717) is 22.5 Å². The van der Waals surface area contributed by atoms with Gasteiger partial charge in [0.05, 0.1) is 16.3 Å². The molecular formula is C17H15ClFN5O2S2. The number of carbonyl (C=O) groups excluding carboxylic acids is 2. The zero-order valence-electron chi connectivity index (χ0n) is 14.4. The molecule has 0 saturated heterocycles. The first-order chi connectivity index (χ1) is 13.4. The maximum atomic E-state index is 13.7. The van der Waals surface area contributed by atoms with Crippen molar-refractivity contribution in [3.63, 3.8) is 0 Å². The van der Waals surface area contributed by atoms with Gasteiger partial charge in [-0.25, -0.2) is 4.39 Å². The van der Waals surface area contributed by atoms with Gasteiger partial charge in [-0.05, 0) is 29.6 Å². The van der Waals surface area contributed by atoms with Crippen LogP contribution >= 0.6 is 34.7 Å². The van der Waals surface area contributed by atoms with E-state index in [9.17, 15) is 14.0 Å². The van der Waals surface area contributed by atoms with Gasteiger partial charge in [-0.2, -0.15) is 0 Å². The van der Waals surface area contributed by atoms with Gasteiger partial charge in [-0.3, -0.25) is 9.59 Å². The van der Waals surface area contributed by atoms with Crippen molar-refractivity contribution >= 4 is 52.2 Å². The molecule has 0 radical (unpaired) electrons. The quantitative estimate of drug-likeness (QED) is 0.523. The first-order valence-electron chi connectivity index (χ1n) is 8.07. The molecule has 0 saturated carbocycles. The second-order valence-corrected chi connectivity index (χ2v) is 7.94. The molecule has 7 nitrogen and oxygen atoms in total. The van der Waals surface area contributed by atoms with E-state index >= 15 is 0 Å². The van der Waals surface area contributed by atoms with Gasteiger partial charge in [-0.1, -0.05) is 29.4 Å². The normalized spacial score (nSPS) is 10.8. The zero-order chi connectivity index (χ0) is 20.1. The summed E-state index contributed by atoms with van der Waals surface area (Å²) in [5, 5.41) is 13.4. The van der Waals surface area contributed by atoms with Crippen LogP contribution in [0.5, 0.6) is 0 Å². The predicted molar refractivity (Wildman–Crippen MR) is 108 cm³/mol. The van der Waals surface area contributed by atoms with Gasteiger partial charge in [0.15, 0.2) is 11.0 Å². The Labute approximate surface area is 173 Å². The van der Waals surface area contributed by atoms with Gasteiger partial charge in [0.2, 0.25) is 11.8 Å². The lowest BCUT2D eigenvalue weighted by Crippen LogP contribution is -2.17. The van der Waals surface area contributed by atoms with Gasteiger partial charge in [0.25, 0.3) is 0 Å². The number of thioether (sulfide) groups is 1.